The normalized spacial score (nSPS) is 24.4. The highest BCUT2D eigenvalue weighted by Crippen LogP contribution is 2.24. The lowest BCUT2D eigenvalue weighted by atomic mass is 9.88. The van der Waals surface area contributed by atoms with Crippen LogP contribution in [0.3, 0.4) is 0 Å². The van der Waals surface area contributed by atoms with Gasteiger partial charge in [0.25, 0.3) is 0 Å². The first kappa shape index (κ1) is 13.0. The molecule has 1 heterocycles. The third kappa shape index (κ3) is 6.16. The van der Waals surface area contributed by atoms with Gasteiger partial charge in [-0.15, -0.1) is 0 Å². The van der Waals surface area contributed by atoms with E-state index in [1.807, 2.05) is 0 Å². The van der Waals surface area contributed by atoms with Crippen molar-refractivity contribution in [3.63, 3.8) is 0 Å². The molecule has 0 radical (unpaired) electrons. The van der Waals surface area contributed by atoms with E-state index in [1.165, 1.54) is 12.8 Å². The minimum absolute atomic E-state index is 0.131. The van der Waals surface area contributed by atoms with E-state index in [0.29, 0.717) is 11.5 Å². The lowest BCUT2D eigenvalue weighted by Crippen LogP contribution is -2.15. The summed E-state index contributed by atoms with van der Waals surface area (Å²) < 4.78 is 5.54. The third-order valence-corrected chi connectivity index (χ3v) is 3.07. The molecule has 0 amide bonds. The van der Waals surface area contributed by atoms with Crippen LogP contribution in [0.25, 0.3) is 0 Å². The summed E-state index contributed by atoms with van der Waals surface area (Å²) in [6, 6.07) is 0. The van der Waals surface area contributed by atoms with Gasteiger partial charge in [0, 0.05) is 6.61 Å². The maximum atomic E-state index is 9.82. The van der Waals surface area contributed by atoms with E-state index in [0.717, 1.165) is 32.3 Å². The van der Waals surface area contributed by atoms with Gasteiger partial charge in [0.1, 0.15) is 0 Å². The zero-order chi connectivity index (χ0) is 11.3. The summed E-state index contributed by atoms with van der Waals surface area (Å²) >= 11 is 0. The SMILES string of the molecule is CC(C)(C)CCC(O)CCC1CCCO1. The minimum atomic E-state index is -0.131. The molecule has 2 heteroatoms. The first-order valence-corrected chi connectivity index (χ1v) is 6.27. The molecule has 0 aromatic heterocycles. The Kier molecular flexibility index (Phi) is 5.07. The Labute approximate surface area is 94.0 Å². The predicted molar refractivity (Wildman–Crippen MR) is 62.9 cm³/mol. The van der Waals surface area contributed by atoms with Crippen molar-refractivity contribution >= 4 is 0 Å². The molecule has 1 aliphatic rings. The summed E-state index contributed by atoms with van der Waals surface area (Å²) in [6.07, 6.45) is 6.64. The zero-order valence-electron chi connectivity index (χ0n) is 10.5. The molecule has 1 N–H and O–H groups in total. The van der Waals surface area contributed by atoms with E-state index in [9.17, 15) is 5.11 Å². The maximum Gasteiger partial charge on any atom is 0.0577 e. The van der Waals surface area contributed by atoms with Crippen molar-refractivity contribution in [1.29, 1.82) is 0 Å². The summed E-state index contributed by atoms with van der Waals surface area (Å²) in [5.41, 5.74) is 0.338. The van der Waals surface area contributed by atoms with Crippen LogP contribution in [0, 0.1) is 5.41 Å². The molecule has 1 saturated heterocycles. The van der Waals surface area contributed by atoms with Gasteiger partial charge in [-0.25, -0.2) is 0 Å². The Morgan fingerprint density at radius 2 is 2.07 bits per heavy atom. The Balaban J connectivity index is 2.05. The van der Waals surface area contributed by atoms with Gasteiger partial charge >= 0.3 is 0 Å². The van der Waals surface area contributed by atoms with E-state index in [4.69, 9.17) is 4.74 Å². The summed E-state index contributed by atoms with van der Waals surface area (Å²) in [7, 11) is 0. The highest BCUT2D eigenvalue weighted by molar-refractivity contribution is 4.69. The lowest BCUT2D eigenvalue weighted by Gasteiger charge is -2.20. The van der Waals surface area contributed by atoms with E-state index >= 15 is 0 Å². The van der Waals surface area contributed by atoms with E-state index in [-0.39, 0.29) is 6.10 Å². The molecule has 0 saturated carbocycles. The van der Waals surface area contributed by atoms with E-state index < -0.39 is 0 Å². The topological polar surface area (TPSA) is 29.5 Å². The summed E-state index contributed by atoms with van der Waals surface area (Å²) in [5.74, 6) is 0. The Hall–Kier alpha value is -0.0800. The second-order valence-corrected chi connectivity index (χ2v) is 5.97. The average molecular weight is 214 g/mol. The monoisotopic (exact) mass is 214 g/mol. The molecule has 2 nitrogen and oxygen atoms in total. The molecular weight excluding hydrogens is 188 g/mol. The second-order valence-electron chi connectivity index (χ2n) is 5.97. The largest absolute Gasteiger partial charge is 0.393 e. The minimum Gasteiger partial charge on any atom is -0.393 e. The molecular formula is C13H26O2. The zero-order valence-corrected chi connectivity index (χ0v) is 10.5. The van der Waals surface area contributed by atoms with Crippen LogP contribution in [0.2, 0.25) is 0 Å². The molecule has 2 atom stereocenters. The first-order chi connectivity index (χ1) is 6.97. The smallest absolute Gasteiger partial charge is 0.0577 e. The Morgan fingerprint density at radius 3 is 2.60 bits per heavy atom. The molecule has 15 heavy (non-hydrogen) atoms. The molecule has 0 aliphatic carbocycles. The lowest BCUT2D eigenvalue weighted by molar-refractivity contribution is 0.0752. The highest BCUT2D eigenvalue weighted by atomic mass is 16.5. The van der Waals surface area contributed by atoms with Crippen LogP contribution in [0.4, 0.5) is 0 Å². The fourth-order valence-electron chi connectivity index (χ4n) is 1.99. The van der Waals surface area contributed by atoms with Gasteiger partial charge in [0.2, 0.25) is 0 Å². The van der Waals surface area contributed by atoms with Gasteiger partial charge in [0.15, 0.2) is 0 Å². The first-order valence-electron chi connectivity index (χ1n) is 6.27. The number of aliphatic hydroxyl groups excluding tert-OH is 1. The fraction of sp³-hybridized carbons (Fsp3) is 1.00. The van der Waals surface area contributed by atoms with Gasteiger partial charge in [-0.1, -0.05) is 20.8 Å². The number of ether oxygens (including phenoxy) is 1. The van der Waals surface area contributed by atoms with Crippen molar-refractivity contribution in [2.45, 2.75) is 71.5 Å². The van der Waals surface area contributed by atoms with Gasteiger partial charge in [0.05, 0.1) is 12.2 Å². The molecule has 0 aromatic carbocycles. The molecule has 1 aliphatic heterocycles. The van der Waals surface area contributed by atoms with Crippen molar-refractivity contribution in [1.82, 2.24) is 0 Å². The van der Waals surface area contributed by atoms with Gasteiger partial charge in [-0.05, 0) is 43.9 Å². The summed E-state index contributed by atoms with van der Waals surface area (Å²) in [6.45, 7) is 7.59. The van der Waals surface area contributed by atoms with Crippen LogP contribution in [-0.2, 0) is 4.74 Å². The second kappa shape index (κ2) is 5.86. The molecule has 90 valence electrons. The van der Waals surface area contributed by atoms with Crippen molar-refractivity contribution in [3.05, 3.63) is 0 Å². The average Bonchev–Trinajstić information content (AvgIpc) is 2.62. The fourth-order valence-corrected chi connectivity index (χ4v) is 1.99. The quantitative estimate of drug-likeness (QED) is 0.762. The molecule has 1 rings (SSSR count). The third-order valence-electron chi connectivity index (χ3n) is 3.07. The van der Waals surface area contributed by atoms with Crippen molar-refractivity contribution < 1.29 is 9.84 Å². The van der Waals surface area contributed by atoms with Crippen LogP contribution in [-0.4, -0.2) is 23.9 Å². The number of aliphatic hydroxyl groups is 1. The molecule has 2 unspecified atom stereocenters. The summed E-state index contributed by atoms with van der Waals surface area (Å²) in [5, 5.41) is 9.82. The maximum absolute atomic E-state index is 9.82. The Morgan fingerprint density at radius 1 is 1.33 bits per heavy atom. The number of hydrogen-bond acceptors (Lipinski definition) is 2. The van der Waals surface area contributed by atoms with Gasteiger partial charge in [-0.3, -0.25) is 0 Å². The Bertz CT molecular complexity index is 166. The van der Waals surface area contributed by atoms with E-state index in [1.54, 1.807) is 0 Å². The van der Waals surface area contributed by atoms with Crippen molar-refractivity contribution in [2.24, 2.45) is 5.41 Å². The number of rotatable bonds is 5. The molecule has 0 aromatic rings. The van der Waals surface area contributed by atoms with Crippen LogP contribution in [0.5, 0.6) is 0 Å². The van der Waals surface area contributed by atoms with Crippen molar-refractivity contribution in [3.8, 4) is 0 Å². The molecule has 1 fully saturated rings. The van der Waals surface area contributed by atoms with Crippen molar-refractivity contribution in [2.75, 3.05) is 6.61 Å². The van der Waals surface area contributed by atoms with Crippen LogP contribution < -0.4 is 0 Å². The molecule has 0 spiro atoms. The molecule has 0 bridgehead atoms. The van der Waals surface area contributed by atoms with Crippen LogP contribution in [0.1, 0.15) is 59.3 Å². The van der Waals surface area contributed by atoms with Crippen LogP contribution in [0.15, 0.2) is 0 Å². The highest BCUT2D eigenvalue weighted by Gasteiger charge is 2.18. The van der Waals surface area contributed by atoms with E-state index in [2.05, 4.69) is 20.8 Å². The predicted octanol–water partition coefficient (Wildman–Crippen LogP) is 3.13. The van der Waals surface area contributed by atoms with Gasteiger partial charge in [-0.2, -0.15) is 0 Å². The number of hydrogen-bond donors (Lipinski definition) is 1. The summed E-state index contributed by atoms with van der Waals surface area (Å²) in [4.78, 5) is 0. The van der Waals surface area contributed by atoms with Gasteiger partial charge < -0.3 is 9.84 Å². The standard InChI is InChI=1S/C13H26O2/c1-13(2,3)9-8-11(14)6-7-12-5-4-10-15-12/h11-12,14H,4-10H2,1-3H3. The van der Waals surface area contributed by atoms with Crippen LogP contribution >= 0.6 is 0 Å².